The second kappa shape index (κ2) is 15.7. The van der Waals surface area contributed by atoms with Gasteiger partial charge in [0.05, 0.1) is 11.8 Å². The number of carbonyl (C=O) groups excluding carboxylic acids is 1. The predicted octanol–water partition coefficient (Wildman–Crippen LogP) is 7.15. The summed E-state index contributed by atoms with van der Waals surface area (Å²) in [5.74, 6) is -0.698. The van der Waals surface area contributed by atoms with Gasteiger partial charge in [-0.15, -0.1) is 0 Å². The third kappa shape index (κ3) is 12.3. The van der Waals surface area contributed by atoms with Crippen molar-refractivity contribution in [3.63, 3.8) is 0 Å². The van der Waals surface area contributed by atoms with Crippen molar-refractivity contribution in [3.8, 4) is 0 Å². The Hall–Kier alpha value is -1.06. The molecule has 3 unspecified atom stereocenters. The van der Waals surface area contributed by atoms with Gasteiger partial charge < -0.3 is 9.84 Å². The fraction of sp³-hybridized carbons (Fsp3) is 0.920. The molecule has 1 aliphatic rings. The molecule has 29 heavy (non-hydrogen) atoms. The molecular formula is C25H46O4. The van der Waals surface area contributed by atoms with Gasteiger partial charge in [0, 0.05) is 0 Å². The summed E-state index contributed by atoms with van der Waals surface area (Å²) in [7, 11) is 0. The Kier molecular flexibility index (Phi) is 14.1. The topological polar surface area (TPSA) is 63.6 Å². The molecule has 1 rings (SSSR count). The minimum atomic E-state index is -0.771. The summed E-state index contributed by atoms with van der Waals surface area (Å²) < 4.78 is 5.82. The molecule has 0 aliphatic heterocycles. The van der Waals surface area contributed by atoms with Crippen molar-refractivity contribution in [2.24, 2.45) is 17.8 Å². The molecule has 3 atom stereocenters. The van der Waals surface area contributed by atoms with Gasteiger partial charge in [-0.25, -0.2) is 0 Å². The van der Waals surface area contributed by atoms with Gasteiger partial charge in [0.1, 0.15) is 6.10 Å². The van der Waals surface area contributed by atoms with Crippen LogP contribution in [-0.2, 0) is 14.3 Å². The highest BCUT2D eigenvalue weighted by Crippen LogP contribution is 2.31. The van der Waals surface area contributed by atoms with Crippen LogP contribution in [0.2, 0.25) is 0 Å². The first-order chi connectivity index (χ1) is 13.9. The lowest BCUT2D eigenvalue weighted by Crippen LogP contribution is -2.31. The molecule has 0 amide bonds. The Labute approximate surface area is 179 Å². The summed E-state index contributed by atoms with van der Waals surface area (Å²) in [4.78, 5) is 23.8. The van der Waals surface area contributed by atoms with E-state index < -0.39 is 5.97 Å². The predicted molar refractivity (Wildman–Crippen MR) is 119 cm³/mol. The molecule has 0 spiro atoms. The monoisotopic (exact) mass is 410 g/mol. The number of carbonyl (C=O) groups is 2. The maximum absolute atomic E-state index is 12.5. The number of hydrogen-bond acceptors (Lipinski definition) is 3. The van der Waals surface area contributed by atoms with E-state index in [1.807, 2.05) is 0 Å². The summed E-state index contributed by atoms with van der Waals surface area (Å²) >= 11 is 0. The highest BCUT2D eigenvalue weighted by molar-refractivity contribution is 5.75. The average Bonchev–Trinajstić information content (AvgIpc) is 2.69. The molecule has 1 N–H and O–H groups in total. The normalized spacial score (nSPS) is 20.6. The quantitative estimate of drug-likeness (QED) is 0.217. The molecule has 4 heteroatoms. The van der Waals surface area contributed by atoms with Gasteiger partial charge >= 0.3 is 11.9 Å². The third-order valence-corrected chi connectivity index (χ3v) is 6.31. The van der Waals surface area contributed by atoms with Gasteiger partial charge in [-0.1, -0.05) is 85.0 Å². The van der Waals surface area contributed by atoms with E-state index in [9.17, 15) is 14.7 Å². The zero-order valence-electron chi connectivity index (χ0n) is 19.3. The molecule has 1 saturated carbocycles. The fourth-order valence-corrected chi connectivity index (χ4v) is 4.46. The minimum Gasteiger partial charge on any atom is -0.481 e. The molecule has 4 nitrogen and oxygen atoms in total. The lowest BCUT2D eigenvalue weighted by Gasteiger charge is -2.27. The maximum Gasteiger partial charge on any atom is 0.309 e. The van der Waals surface area contributed by atoms with Crippen molar-refractivity contribution in [2.75, 3.05) is 0 Å². The van der Waals surface area contributed by atoms with Crippen LogP contribution >= 0.6 is 0 Å². The highest BCUT2D eigenvalue weighted by atomic mass is 16.5. The van der Waals surface area contributed by atoms with Crippen molar-refractivity contribution in [3.05, 3.63) is 0 Å². The van der Waals surface area contributed by atoms with Crippen LogP contribution in [0.25, 0.3) is 0 Å². The van der Waals surface area contributed by atoms with E-state index in [0.29, 0.717) is 12.8 Å². The van der Waals surface area contributed by atoms with Crippen LogP contribution in [-0.4, -0.2) is 23.1 Å². The fourth-order valence-electron chi connectivity index (χ4n) is 4.46. The number of rotatable bonds is 16. The van der Waals surface area contributed by atoms with E-state index in [1.54, 1.807) is 0 Å². The average molecular weight is 411 g/mol. The lowest BCUT2D eigenvalue weighted by molar-refractivity contribution is -0.157. The molecule has 0 saturated heterocycles. The molecule has 0 bridgehead atoms. The van der Waals surface area contributed by atoms with Crippen LogP contribution in [0.3, 0.4) is 0 Å². The van der Waals surface area contributed by atoms with Gasteiger partial charge in [0.15, 0.2) is 0 Å². The largest absolute Gasteiger partial charge is 0.481 e. The van der Waals surface area contributed by atoms with Crippen LogP contribution < -0.4 is 0 Å². The van der Waals surface area contributed by atoms with Crippen molar-refractivity contribution < 1.29 is 19.4 Å². The molecular weight excluding hydrogens is 364 g/mol. The number of carboxylic acid groups (broad SMARTS) is 1. The van der Waals surface area contributed by atoms with E-state index in [1.165, 1.54) is 51.4 Å². The van der Waals surface area contributed by atoms with Gasteiger partial charge in [-0.3, -0.25) is 9.59 Å². The zero-order valence-corrected chi connectivity index (χ0v) is 19.3. The molecule has 0 aromatic carbocycles. The third-order valence-electron chi connectivity index (χ3n) is 6.31. The zero-order chi connectivity index (χ0) is 21.5. The van der Waals surface area contributed by atoms with Crippen LogP contribution in [0.15, 0.2) is 0 Å². The first kappa shape index (κ1) is 26.0. The van der Waals surface area contributed by atoms with E-state index in [4.69, 9.17) is 4.74 Å². The van der Waals surface area contributed by atoms with E-state index in [2.05, 4.69) is 20.8 Å². The summed E-state index contributed by atoms with van der Waals surface area (Å²) in [6.07, 6.45) is 17.3. The highest BCUT2D eigenvalue weighted by Gasteiger charge is 2.32. The summed E-state index contributed by atoms with van der Waals surface area (Å²) in [6.45, 7) is 6.72. The number of ether oxygens (including phenoxy) is 1. The number of unbranched alkanes of at least 4 members (excludes halogenated alkanes) is 7. The first-order valence-corrected chi connectivity index (χ1v) is 12.4. The Morgan fingerprint density at radius 1 is 0.862 bits per heavy atom. The molecule has 0 aromatic rings. The molecule has 1 aliphatic carbocycles. The van der Waals surface area contributed by atoms with Crippen molar-refractivity contribution in [1.82, 2.24) is 0 Å². The Balaban J connectivity index is 2.16. The van der Waals surface area contributed by atoms with Gasteiger partial charge in [0.25, 0.3) is 0 Å². The van der Waals surface area contributed by atoms with E-state index in [-0.39, 0.29) is 23.9 Å². The van der Waals surface area contributed by atoms with Crippen molar-refractivity contribution >= 4 is 11.9 Å². The second-order valence-electron chi connectivity index (χ2n) is 9.55. The number of carboxylic acids is 1. The van der Waals surface area contributed by atoms with E-state index >= 15 is 0 Å². The Morgan fingerprint density at radius 2 is 1.41 bits per heavy atom. The number of esters is 1. The summed E-state index contributed by atoms with van der Waals surface area (Å²) in [6, 6.07) is 0. The van der Waals surface area contributed by atoms with Crippen molar-refractivity contribution in [1.29, 1.82) is 0 Å². The van der Waals surface area contributed by atoms with Gasteiger partial charge in [-0.05, 0) is 44.4 Å². The lowest BCUT2D eigenvalue weighted by atomic mass is 9.81. The summed E-state index contributed by atoms with van der Waals surface area (Å²) in [5.41, 5.74) is 0. The van der Waals surface area contributed by atoms with Crippen LogP contribution in [0.4, 0.5) is 0 Å². The second-order valence-corrected chi connectivity index (χ2v) is 9.55. The molecule has 170 valence electrons. The maximum atomic E-state index is 12.5. The van der Waals surface area contributed by atoms with Crippen LogP contribution in [0, 0.1) is 17.8 Å². The van der Waals surface area contributed by atoms with Crippen molar-refractivity contribution in [2.45, 2.75) is 130 Å². The Bertz CT molecular complexity index is 446. The number of hydrogen-bond donors (Lipinski definition) is 1. The molecule has 0 aromatic heterocycles. The smallest absolute Gasteiger partial charge is 0.309 e. The molecule has 0 heterocycles. The molecule has 1 fully saturated rings. The molecule has 0 radical (unpaired) electrons. The van der Waals surface area contributed by atoms with Crippen LogP contribution in [0.1, 0.15) is 124 Å². The minimum absolute atomic E-state index is 0.00809. The van der Waals surface area contributed by atoms with E-state index in [0.717, 1.165) is 44.4 Å². The standard InChI is InChI=1S/C25H46O4/c1-4-14-23(18-12-10-8-6-5-7-9-11-15-20(2)3)29-25(28)22-17-13-16-21(19-22)24(26)27/h20-23H,4-19H2,1-3H3,(H,26,27). The SMILES string of the molecule is CCCC(CCCCCCCCCCC(C)C)OC(=O)C1CCCC(C(=O)O)C1. The van der Waals surface area contributed by atoms with Gasteiger partial charge in [-0.2, -0.15) is 0 Å². The van der Waals surface area contributed by atoms with Gasteiger partial charge in [0.2, 0.25) is 0 Å². The Morgan fingerprint density at radius 3 is 1.97 bits per heavy atom. The number of aliphatic carboxylic acids is 1. The first-order valence-electron chi connectivity index (χ1n) is 12.4. The summed E-state index contributed by atoms with van der Waals surface area (Å²) in [5, 5.41) is 9.22. The van der Waals surface area contributed by atoms with Crippen LogP contribution in [0.5, 0.6) is 0 Å².